The molecule has 0 unspecified atom stereocenters. The van der Waals surface area contributed by atoms with E-state index in [0.717, 1.165) is 4.47 Å². The summed E-state index contributed by atoms with van der Waals surface area (Å²) in [7, 11) is 0. The smallest absolute Gasteiger partial charge is 0.128 e. The molecule has 72 valence electrons. The van der Waals surface area contributed by atoms with Crippen LogP contribution in [0.5, 0.6) is 0 Å². The number of benzene rings is 1. The first kappa shape index (κ1) is 10.6. The van der Waals surface area contributed by atoms with Crippen LogP contribution in [-0.2, 0) is 6.54 Å². The van der Waals surface area contributed by atoms with Crippen LogP contribution in [0.1, 0.15) is 5.56 Å². The largest absolute Gasteiger partial charge is 0.329 e. The maximum Gasteiger partial charge on any atom is 0.128 e. The van der Waals surface area contributed by atoms with Gasteiger partial charge in [0, 0.05) is 29.7 Å². The molecular formula is C9H12BrFN2. The Morgan fingerprint density at radius 3 is 2.85 bits per heavy atom. The highest BCUT2D eigenvalue weighted by Crippen LogP contribution is 2.18. The first-order valence-electron chi connectivity index (χ1n) is 4.09. The summed E-state index contributed by atoms with van der Waals surface area (Å²) in [6.45, 7) is 1.76. The lowest BCUT2D eigenvalue weighted by Crippen LogP contribution is -2.22. The lowest BCUT2D eigenvalue weighted by atomic mass is 10.2. The molecule has 0 heterocycles. The van der Waals surface area contributed by atoms with Crippen molar-refractivity contribution in [3.8, 4) is 0 Å². The summed E-state index contributed by atoms with van der Waals surface area (Å²) in [5.41, 5.74) is 5.95. The number of hydrogen-bond acceptors (Lipinski definition) is 2. The second-order valence-electron chi connectivity index (χ2n) is 2.67. The van der Waals surface area contributed by atoms with Gasteiger partial charge in [-0.25, -0.2) is 4.39 Å². The zero-order valence-corrected chi connectivity index (χ0v) is 8.77. The molecule has 1 aromatic carbocycles. The lowest BCUT2D eigenvalue weighted by Gasteiger charge is -2.06. The summed E-state index contributed by atoms with van der Waals surface area (Å²) >= 11 is 3.29. The van der Waals surface area contributed by atoms with Crippen LogP contribution in [0.4, 0.5) is 4.39 Å². The average molecular weight is 247 g/mol. The molecule has 4 heteroatoms. The summed E-state index contributed by atoms with van der Waals surface area (Å²) < 4.78 is 14.0. The lowest BCUT2D eigenvalue weighted by molar-refractivity contribution is 0.588. The average Bonchev–Trinajstić information content (AvgIpc) is 2.10. The molecule has 13 heavy (non-hydrogen) atoms. The molecule has 0 aliphatic carbocycles. The van der Waals surface area contributed by atoms with Crippen molar-refractivity contribution in [2.24, 2.45) is 5.73 Å². The minimum atomic E-state index is -0.195. The second kappa shape index (κ2) is 5.32. The number of halogens is 2. The molecule has 0 spiro atoms. The monoisotopic (exact) mass is 246 g/mol. The highest BCUT2D eigenvalue weighted by Gasteiger charge is 2.04. The van der Waals surface area contributed by atoms with E-state index in [0.29, 0.717) is 25.2 Å². The van der Waals surface area contributed by atoms with Crippen molar-refractivity contribution in [1.82, 2.24) is 5.32 Å². The quantitative estimate of drug-likeness (QED) is 0.794. The molecule has 3 N–H and O–H groups in total. The first-order valence-corrected chi connectivity index (χ1v) is 4.88. The Balaban J connectivity index is 2.64. The Bertz CT molecular complexity index is 258. The zero-order valence-electron chi connectivity index (χ0n) is 7.19. The van der Waals surface area contributed by atoms with Gasteiger partial charge in [0.1, 0.15) is 5.82 Å². The van der Waals surface area contributed by atoms with Crippen molar-refractivity contribution in [3.63, 3.8) is 0 Å². The number of nitrogens with one attached hydrogen (secondary N) is 1. The third-order valence-corrected chi connectivity index (χ3v) is 2.43. The summed E-state index contributed by atoms with van der Waals surface area (Å²) in [6, 6.07) is 4.94. The molecule has 1 aromatic rings. The van der Waals surface area contributed by atoms with Gasteiger partial charge in [-0.1, -0.05) is 22.0 Å². The fourth-order valence-electron chi connectivity index (χ4n) is 1.02. The van der Waals surface area contributed by atoms with Gasteiger partial charge in [0.25, 0.3) is 0 Å². The SMILES string of the molecule is NCCNCc1c(F)cccc1Br. The van der Waals surface area contributed by atoms with Gasteiger partial charge in [0.2, 0.25) is 0 Å². The summed E-state index contributed by atoms with van der Waals surface area (Å²) in [6.07, 6.45) is 0. The van der Waals surface area contributed by atoms with E-state index in [4.69, 9.17) is 5.73 Å². The van der Waals surface area contributed by atoms with Gasteiger partial charge in [-0.2, -0.15) is 0 Å². The van der Waals surface area contributed by atoms with Crippen LogP contribution < -0.4 is 11.1 Å². The van der Waals surface area contributed by atoms with Gasteiger partial charge in [-0.05, 0) is 12.1 Å². The maximum absolute atomic E-state index is 13.2. The van der Waals surface area contributed by atoms with Crippen molar-refractivity contribution < 1.29 is 4.39 Å². The van der Waals surface area contributed by atoms with Gasteiger partial charge in [0.05, 0.1) is 0 Å². The van der Waals surface area contributed by atoms with E-state index in [1.165, 1.54) is 6.07 Å². The van der Waals surface area contributed by atoms with Crippen LogP contribution in [0.2, 0.25) is 0 Å². The molecule has 0 amide bonds. The van der Waals surface area contributed by atoms with Gasteiger partial charge >= 0.3 is 0 Å². The number of nitrogens with two attached hydrogens (primary N) is 1. The minimum absolute atomic E-state index is 0.195. The topological polar surface area (TPSA) is 38.0 Å². The van der Waals surface area contributed by atoms with E-state index in [1.54, 1.807) is 6.07 Å². The molecule has 0 aliphatic rings. The van der Waals surface area contributed by atoms with Gasteiger partial charge in [0.15, 0.2) is 0 Å². The minimum Gasteiger partial charge on any atom is -0.329 e. The zero-order chi connectivity index (χ0) is 9.68. The standard InChI is InChI=1S/C9H12BrFN2/c10-8-2-1-3-9(11)7(8)6-13-5-4-12/h1-3,13H,4-6,12H2. The molecule has 0 fully saturated rings. The van der Waals surface area contributed by atoms with Crippen molar-refractivity contribution >= 4 is 15.9 Å². The van der Waals surface area contributed by atoms with E-state index in [-0.39, 0.29) is 5.82 Å². The summed E-state index contributed by atoms with van der Waals surface area (Å²) in [5.74, 6) is -0.195. The van der Waals surface area contributed by atoms with Crippen LogP contribution in [0, 0.1) is 5.82 Å². The van der Waals surface area contributed by atoms with Crippen LogP contribution in [0.15, 0.2) is 22.7 Å². The molecular weight excluding hydrogens is 235 g/mol. The Hall–Kier alpha value is -0.450. The van der Waals surface area contributed by atoms with E-state index >= 15 is 0 Å². The predicted molar refractivity (Wildman–Crippen MR) is 54.9 cm³/mol. The Morgan fingerprint density at radius 2 is 2.23 bits per heavy atom. The molecule has 1 rings (SSSR count). The molecule has 0 aromatic heterocycles. The normalized spacial score (nSPS) is 10.4. The van der Waals surface area contributed by atoms with E-state index in [2.05, 4.69) is 21.2 Å². The van der Waals surface area contributed by atoms with Crippen LogP contribution in [0.3, 0.4) is 0 Å². The van der Waals surface area contributed by atoms with Crippen LogP contribution in [-0.4, -0.2) is 13.1 Å². The maximum atomic E-state index is 13.2. The predicted octanol–water partition coefficient (Wildman–Crippen LogP) is 1.64. The third-order valence-electron chi connectivity index (χ3n) is 1.68. The van der Waals surface area contributed by atoms with Crippen molar-refractivity contribution in [2.45, 2.75) is 6.54 Å². The van der Waals surface area contributed by atoms with Gasteiger partial charge < -0.3 is 11.1 Å². The molecule has 0 saturated carbocycles. The van der Waals surface area contributed by atoms with Crippen LogP contribution in [0.25, 0.3) is 0 Å². The number of hydrogen-bond donors (Lipinski definition) is 2. The molecule has 0 aliphatic heterocycles. The first-order chi connectivity index (χ1) is 6.25. The third kappa shape index (κ3) is 3.06. The van der Waals surface area contributed by atoms with Crippen molar-refractivity contribution in [1.29, 1.82) is 0 Å². The Morgan fingerprint density at radius 1 is 1.46 bits per heavy atom. The highest BCUT2D eigenvalue weighted by molar-refractivity contribution is 9.10. The van der Waals surface area contributed by atoms with Crippen LogP contribution >= 0.6 is 15.9 Å². The second-order valence-corrected chi connectivity index (χ2v) is 3.52. The molecule has 0 bridgehead atoms. The van der Waals surface area contributed by atoms with E-state index < -0.39 is 0 Å². The summed E-state index contributed by atoms with van der Waals surface area (Å²) in [5, 5.41) is 3.04. The van der Waals surface area contributed by atoms with E-state index in [1.807, 2.05) is 6.07 Å². The Labute approximate surface area is 85.4 Å². The molecule has 0 atom stereocenters. The Kier molecular flexibility index (Phi) is 4.35. The fraction of sp³-hybridized carbons (Fsp3) is 0.333. The molecule has 2 nitrogen and oxygen atoms in total. The fourth-order valence-corrected chi connectivity index (χ4v) is 1.50. The highest BCUT2D eigenvalue weighted by atomic mass is 79.9. The van der Waals surface area contributed by atoms with Gasteiger partial charge in [-0.15, -0.1) is 0 Å². The summed E-state index contributed by atoms with van der Waals surface area (Å²) in [4.78, 5) is 0. The number of rotatable bonds is 4. The molecule has 0 saturated heterocycles. The van der Waals surface area contributed by atoms with Crippen molar-refractivity contribution in [3.05, 3.63) is 34.1 Å². The van der Waals surface area contributed by atoms with E-state index in [9.17, 15) is 4.39 Å². The molecule has 0 radical (unpaired) electrons. The van der Waals surface area contributed by atoms with Gasteiger partial charge in [-0.3, -0.25) is 0 Å². The van der Waals surface area contributed by atoms with Crippen molar-refractivity contribution in [2.75, 3.05) is 13.1 Å².